The summed E-state index contributed by atoms with van der Waals surface area (Å²) in [6, 6.07) is 14.3. The summed E-state index contributed by atoms with van der Waals surface area (Å²) in [4.78, 5) is 4.82. The zero-order valence-electron chi connectivity index (χ0n) is 18.5. The number of piperazine rings is 1. The van der Waals surface area contributed by atoms with Crippen molar-refractivity contribution in [2.24, 2.45) is 0 Å². The molecule has 0 N–H and O–H groups in total. The molecule has 9 nitrogen and oxygen atoms in total. The van der Waals surface area contributed by atoms with Crippen LogP contribution in [0.5, 0.6) is 5.75 Å². The van der Waals surface area contributed by atoms with E-state index in [0.29, 0.717) is 5.82 Å². The van der Waals surface area contributed by atoms with Gasteiger partial charge in [-0.15, -0.1) is 5.10 Å². The molecule has 0 spiro atoms. The van der Waals surface area contributed by atoms with Crippen molar-refractivity contribution in [3.8, 4) is 5.75 Å². The Morgan fingerprint density at radius 3 is 2.28 bits per heavy atom. The first kappa shape index (κ1) is 22.4. The van der Waals surface area contributed by atoms with Crippen LogP contribution in [-0.2, 0) is 15.7 Å². The molecule has 0 bridgehead atoms. The highest BCUT2D eigenvalue weighted by atomic mass is 32.2. The van der Waals surface area contributed by atoms with Crippen LogP contribution in [0.1, 0.15) is 23.0 Å². The number of aryl methyl sites for hydroxylation is 1. The Hall–Kier alpha value is -2.82. The fourth-order valence-corrected chi connectivity index (χ4v) is 5.08. The van der Waals surface area contributed by atoms with Crippen molar-refractivity contribution < 1.29 is 13.2 Å². The SMILES string of the molecule is COc1ccc([C@H](c2nnnn2CS(=O)(=O)c2ccc(C)cc2)N2CCN(C)CC2)cc1. The van der Waals surface area contributed by atoms with Gasteiger partial charge in [-0.3, -0.25) is 4.90 Å². The second-order valence-electron chi connectivity index (χ2n) is 8.11. The number of ether oxygens (including phenoxy) is 1. The molecule has 1 saturated heterocycles. The lowest BCUT2D eigenvalue weighted by Crippen LogP contribution is -2.46. The third-order valence-electron chi connectivity index (χ3n) is 5.81. The maximum Gasteiger partial charge on any atom is 0.198 e. The van der Waals surface area contributed by atoms with E-state index in [0.717, 1.165) is 43.1 Å². The molecule has 0 unspecified atom stereocenters. The maximum absolute atomic E-state index is 13.1. The van der Waals surface area contributed by atoms with Gasteiger partial charge in [-0.25, -0.2) is 13.1 Å². The van der Waals surface area contributed by atoms with Crippen LogP contribution in [-0.4, -0.2) is 78.8 Å². The minimum absolute atomic E-state index is 0.255. The predicted octanol–water partition coefficient (Wildman–Crippen LogP) is 1.76. The summed E-state index contributed by atoms with van der Waals surface area (Å²) in [5.74, 6) is 0.946. The van der Waals surface area contributed by atoms with Crippen molar-refractivity contribution in [1.82, 2.24) is 30.0 Å². The lowest BCUT2D eigenvalue weighted by Gasteiger charge is -2.37. The molecule has 1 fully saturated rings. The topological polar surface area (TPSA) is 93.4 Å². The second-order valence-corrected chi connectivity index (χ2v) is 10.1. The normalized spacial score (nSPS) is 16.7. The number of aromatic nitrogens is 4. The van der Waals surface area contributed by atoms with E-state index < -0.39 is 9.84 Å². The van der Waals surface area contributed by atoms with Crippen LogP contribution in [0.25, 0.3) is 0 Å². The first-order valence-corrected chi connectivity index (χ1v) is 12.1. The fraction of sp³-hybridized carbons (Fsp3) is 0.409. The minimum atomic E-state index is -3.61. The Kier molecular flexibility index (Phi) is 6.54. The Bertz CT molecular complexity index is 1140. The van der Waals surface area contributed by atoms with Crippen LogP contribution in [0.4, 0.5) is 0 Å². The average Bonchev–Trinajstić information content (AvgIpc) is 3.23. The first-order valence-electron chi connectivity index (χ1n) is 10.5. The zero-order valence-corrected chi connectivity index (χ0v) is 19.4. The Balaban J connectivity index is 1.69. The highest BCUT2D eigenvalue weighted by Crippen LogP contribution is 2.30. The third-order valence-corrected chi connectivity index (χ3v) is 7.39. The van der Waals surface area contributed by atoms with Crippen LogP contribution in [0.2, 0.25) is 0 Å². The van der Waals surface area contributed by atoms with E-state index in [1.807, 2.05) is 31.2 Å². The average molecular weight is 457 g/mol. The molecule has 0 aliphatic carbocycles. The number of sulfone groups is 1. The zero-order chi connectivity index (χ0) is 22.7. The van der Waals surface area contributed by atoms with Crippen molar-refractivity contribution in [1.29, 1.82) is 0 Å². The van der Waals surface area contributed by atoms with E-state index in [4.69, 9.17) is 4.74 Å². The van der Waals surface area contributed by atoms with Gasteiger partial charge in [-0.05, 0) is 54.2 Å². The summed E-state index contributed by atoms with van der Waals surface area (Å²) < 4.78 is 32.8. The molecule has 170 valence electrons. The standard InChI is InChI=1S/C22H28N6O3S/c1-17-4-10-20(11-5-17)32(29,30)16-28-22(23-24-25-28)21(27-14-12-26(2)13-15-27)18-6-8-19(31-3)9-7-18/h4-11,21H,12-16H2,1-3H3/t21-/m1/s1. The van der Waals surface area contributed by atoms with E-state index in [-0.39, 0.29) is 16.8 Å². The van der Waals surface area contributed by atoms with Gasteiger partial charge in [0.05, 0.1) is 18.0 Å². The Labute approximate surface area is 188 Å². The summed E-state index contributed by atoms with van der Waals surface area (Å²) in [7, 11) is 0.109. The molecule has 2 heterocycles. The van der Waals surface area contributed by atoms with Crippen molar-refractivity contribution in [2.45, 2.75) is 23.7 Å². The number of tetrazole rings is 1. The molecule has 1 aliphatic heterocycles. The molecule has 3 aromatic rings. The van der Waals surface area contributed by atoms with E-state index in [1.54, 1.807) is 31.4 Å². The molecule has 1 aromatic heterocycles. The van der Waals surface area contributed by atoms with Crippen molar-refractivity contribution >= 4 is 9.84 Å². The number of benzene rings is 2. The van der Waals surface area contributed by atoms with Crippen LogP contribution in [0.3, 0.4) is 0 Å². The van der Waals surface area contributed by atoms with Gasteiger partial charge >= 0.3 is 0 Å². The van der Waals surface area contributed by atoms with Crippen LogP contribution >= 0.6 is 0 Å². The van der Waals surface area contributed by atoms with E-state index in [9.17, 15) is 8.42 Å². The van der Waals surface area contributed by atoms with Gasteiger partial charge in [0.25, 0.3) is 0 Å². The molecular weight excluding hydrogens is 428 g/mol. The molecule has 32 heavy (non-hydrogen) atoms. The lowest BCUT2D eigenvalue weighted by atomic mass is 10.0. The third kappa shape index (κ3) is 4.82. The number of likely N-dealkylation sites (N-methyl/N-ethyl adjacent to an activating group) is 1. The Morgan fingerprint density at radius 2 is 1.66 bits per heavy atom. The van der Waals surface area contributed by atoms with Crippen LogP contribution < -0.4 is 4.74 Å². The summed E-state index contributed by atoms with van der Waals surface area (Å²) in [5, 5.41) is 12.2. The summed E-state index contributed by atoms with van der Waals surface area (Å²) >= 11 is 0. The monoisotopic (exact) mass is 456 g/mol. The van der Waals surface area contributed by atoms with E-state index in [1.165, 1.54) is 4.68 Å². The molecule has 0 saturated carbocycles. The first-order chi connectivity index (χ1) is 15.4. The van der Waals surface area contributed by atoms with Crippen molar-refractivity contribution in [3.63, 3.8) is 0 Å². The highest BCUT2D eigenvalue weighted by molar-refractivity contribution is 7.90. The summed E-state index contributed by atoms with van der Waals surface area (Å²) in [6.07, 6.45) is 0. The summed E-state index contributed by atoms with van der Waals surface area (Å²) in [6.45, 7) is 5.40. The highest BCUT2D eigenvalue weighted by Gasteiger charge is 2.31. The molecule has 0 amide bonds. The predicted molar refractivity (Wildman–Crippen MR) is 120 cm³/mol. The maximum atomic E-state index is 13.1. The lowest BCUT2D eigenvalue weighted by molar-refractivity contribution is 0.122. The minimum Gasteiger partial charge on any atom is -0.497 e. The van der Waals surface area contributed by atoms with Crippen molar-refractivity contribution in [3.05, 3.63) is 65.5 Å². The van der Waals surface area contributed by atoms with Gasteiger partial charge in [-0.1, -0.05) is 29.8 Å². The molecule has 0 radical (unpaired) electrons. The second kappa shape index (κ2) is 9.35. The number of hydrogen-bond acceptors (Lipinski definition) is 8. The molecule has 1 aliphatic rings. The van der Waals surface area contributed by atoms with Gasteiger partial charge in [0.2, 0.25) is 0 Å². The van der Waals surface area contributed by atoms with Gasteiger partial charge in [-0.2, -0.15) is 0 Å². The number of nitrogens with zero attached hydrogens (tertiary/aromatic N) is 6. The van der Waals surface area contributed by atoms with E-state index in [2.05, 4.69) is 32.4 Å². The van der Waals surface area contributed by atoms with Crippen molar-refractivity contribution in [2.75, 3.05) is 40.3 Å². The smallest absolute Gasteiger partial charge is 0.198 e. The van der Waals surface area contributed by atoms with Gasteiger partial charge in [0.15, 0.2) is 21.5 Å². The van der Waals surface area contributed by atoms with Gasteiger partial charge < -0.3 is 9.64 Å². The molecule has 1 atom stereocenters. The van der Waals surface area contributed by atoms with Crippen LogP contribution in [0.15, 0.2) is 53.4 Å². The number of rotatable bonds is 7. The molecular formula is C22H28N6O3S. The molecule has 2 aromatic carbocycles. The van der Waals surface area contributed by atoms with Crippen LogP contribution in [0, 0.1) is 6.92 Å². The Morgan fingerprint density at radius 1 is 1.00 bits per heavy atom. The van der Waals surface area contributed by atoms with Gasteiger partial charge in [0, 0.05) is 26.2 Å². The number of hydrogen-bond donors (Lipinski definition) is 0. The molecule has 10 heteroatoms. The largest absolute Gasteiger partial charge is 0.497 e. The number of methoxy groups -OCH3 is 1. The van der Waals surface area contributed by atoms with E-state index >= 15 is 0 Å². The van der Waals surface area contributed by atoms with Gasteiger partial charge in [0.1, 0.15) is 5.75 Å². The quantitative estimate of drug-likeness (QED) is 0.531. The molecule has 4 rings (SSSR count). The fourth-order valence-electron chi connectivity index (χ4n) is 3.87. The summed E-state index contributed by atoms with van der Waals surface area (Å²) in [5.41, 5.74) is 1.99.